The van der Waals surface area contributed by atoms with Gasteiger partial charge in [0.15, 0.2) is 23.6 Å². The SMILES string of the molecule is CC1CC=C(C(F)(F)Oc2cc(F)c(OC=C(F)F)c(F)c2)CC1. The predicted molar refractivity (Wildman–Crippen MR) is 74.0 cm³/mol. The van der Waals surface area contributed by atoms with Crippen LogP contribution in [0.3, 0.4) is 0 Å². The molecule has 0 bridgehead atoms. The van der Waals surface area contributed by atoms with Gasteiger partial charge in [0.05, 0.1) is 0 Å². The molecule has 0 N–H and O–H groups in total. The van der Waals surface area contributed by atoms with Gasteiger partial charge in [0.2, 0.25) is 0 Å². The summed E-state index contributed by atoms with van der Waals surface area (Å²) < 4.78 is 87.7. The van der Waals surface area contributed by atoms with Crippen molar-refractivity contribution in [2.75, 3.05) is 0 Å². The predicted octanol–water partition coefficient (Wildman–Crippen LogP) is 5.80. The zero-order valence-electron chi connectivity index (χ0n) is 12.6. The molecule has 24 heavy (non-hydrogen) atoms. The lowest BCUT2D eigenvalue weighted by atomic mass is 9.90. The van der Waals surface area contributed by atoms with Crippen LogP contribution in [-0.2, 0) is 0 Å². The van der Waals surface area contributed by atoms with Crippen molar-refractivity contribution in [1.29, 1.82) is 0 Å². The third-order valence-corrected chi connectivity index (χ3v) is 3.53. The van der Waals surface area contributed by atoms with Crippen molar-refractivity contribution in [3.63, 3.8) is 0 Å². The molecule has 1 aromatic rings. The standard InChI is InChI=1S/C16H14F6O2/c1-9-2-4-10(5-3-9)16(21,22)24-11-6-12(17)15(13(18)7-11)23-8-14(19)20/h4,6-9H,2-3,5H2,1H3. The van der Waals surface area contributed by atoms with Crippen LogP contribution in [0.1, 0.15) is 26.2 Å². The maximum absolute atomic E-state index is 14.1. The van der Waals surface area contributed by atoms with Gasteiger partial charge >= 0.3 is 12.2 Å². The van der Waals surface area contributed by atoms with Crippen molar-refractivity contribution < 1.29 is 35.8 Å². The Morgan fingerprint density at radius 3 is 2.33 bits per heavy atom. The second-order valence-electron chi connectivity index (χ2n) is 5.47. The smallest absolute Gasteiger partial charge is 0.422 e. The van der Waals surface area contributed by atoms with Crippen LogP contribution in [0.25, 0.3) is 0 Å². The number of allylic oxidation sites excluding steroid dienone is 1. The molecule has 0 saturated carbocycles. The first-order valence-corrected chi connectivity index (χ1v) is 7.12. The lowest BCUT2D eigenvalue weighted by Crippen LogP contribution is -2.29. The van der Waals surface area contributed by atoms with Crippen LogP contribution in [0, 0.1) is 17.6 Å². The van der Waals surface area contributed by atoms with Crippen LogP contribution in [0.5, 0.6) is 11.5 Å². The average Bonchev–Trinajstić information content (AvgIpc) is 2.46. The van der Waals surface area contributed by atoms with Gasteiger partial charge < -0.3 is 9.47 Å². The minimum Gasteiger partial charge on any atom is -0.453 e. The molecule has 0 aromatic heterocycles. The maximum atomic E-state index is 14.1. The molecular weight excluding hydrogens is 338 g/mol. The number of ether oxygens (including phenoxy) is 2. The summed E-state index contributed by atoms with van der Waals surface area (Å²) in [7, 11) is 0. The quantitative estimate of drug-likeness (QED) is 0.379. The number of hydrogen-bond donors (Lipinski definition) is 0. The molecule has 1 aromatic carbocycles. The summed E-state index contributed by atoms with van der Waals surface area (Å²) in [5.41, 5.74) is -0.260. The second-order valence-corrected chi connectivity index (χ2v) is 5.47. The fraction of sp³-hybridized carbons (Fsp3) is 0.375. The lowest BCUT2D eigenvalue weighted by molar-refractivity contribution is -0.145. The van der Waals surface area contributed by atoms with Crippen molar-refractivity contribution in [3.05, 3.63) is 47.8 Å². The summed E-state index contributed by atoms with van der Waals surface area (Å²) in [5, 5.41) is 0. The van der Waals surface area contributed by atoms with Crippen LogP contribution >= 0.6 is 0 Å². The van der Waals surface area contributed by atoms with Gasteiger partial charge in [-0.25, -0.2) is 8.78 Å². The van der Waals surface area contributed by atoms with E-state index in [-0.39, 0.29) is 24.2 Å². The zero-order chi connectivity index (χ0) is 17.9. The molecular formula is C16H14F6O2. The van der Waals surface area contributed by atoms with E-state index in [2.05, 4.69) is 9.47 Å². The monoisotopic (exact) mass is 352 g/mol. The van der Waals surface area contributed by atoms with Gasteiger partial charge in [0, 0.05) is 17.7 Å². The Balaban J connectivity index is 2.19. The summed E-state index contributed by atoms with van der Waals surface area (Å²) >= 11 is 0. The Labute approximate surface area is 134 Å². The molecule has 0 amide bonds. The fourth-order valence-electron chi connectivity index (χ4n) is 2.25. The van der Waals surface area contributed by atoms with E-state index in [4.69, 9.17) is 0 Å². The summed E-state index contributed by atoms with van der Waals surface area (Å²) in [5.74, 6) is -4.51. The lowest BCUT2D eigenvalue weighted by Gasteiger charge is -2.25. The number of alkyl halides is 2. The molecule has 1 aliphatic carbocycles. The molecule has 1 atom stereocenters. The first kappa shape index (κ1) is 18.2. The van der Waals surface area contributed by atoms with Gasteiger partial charge in [-0.1, -0.05) is 13.0 Å². The molecule has 0 fully saturated rings. The van der Waals surface area contributed by atoms with E-state index in [0.717, 1.165) is 0 Å². The molecule has 0 aliphatic heterocycles. The molecule has 0 spiro atoms. The van der Waals surface area contributed by atoms with Crippen LogP contribution < -0.4 is 9.47 Å². The Bertz CT molecular complexity index is 642. The number of rotatable bonds is 5. The highest BCUT2D eigenvalue weighted by molar-refractivity contribution is 5.36. The molecule has 1 aliphatic rings. The van der Waals surface area contributed by atoms with E-state index >= 15 is 0 Å². The van der Waals surface area contributed by atoms with Crippen LogP contribution in [0.15, 0.2) is 36.1 Å². The molecule has 2 nitrogen and oxygen atoms in total. The Morgan fingerprint density at radius 2 is 1.83 bits per heavy atom. The van der Waals surface area contributed by atoms with Crippen LogP contribution in [0.4, 0.5) is 26.3 Å². The van der Waals surface area contributed by atoms with Crippen molar-refractivity contribution in [2.24, 2.45) is 5.92 Å². The third kappa shape index (κ3) is 4.46. The highest BCUT2D eigenvalue weighted by Crippen LogP contribution is 2.37. The van der Waals surface area contributed by atoms with E-state index in [1.165, 1.54) is 6.08 Å². The van der Waals surface area contributed by atoms with E-state index in [1.807, 2.05) is 6.92 Å². The first-order chi connectivity index (χ1) is 11.2. The molecule has 2 rings (SSSR count). The van der Waals surface area contributed by atoms with Crippen LogP contribution in [0.2, 0.25) is 0 Å². The van der Waals surface area contributed by atoms with Gasteiger partial charge in [-0.15, -0.1) is 0 Å². The van der Waals surface area contributed by atoms with Gasteiger partial charge in [0.1, 0.15) is 5.75 Å². The van der Waals surface area contributed by atoms with Crippen molar-refractivity contribution in [2.45, 2.75) is 32.3 Å². The van der Waals surface area contributed by atoms with Gasteiger partial charge in [0.25, 0.3) is 0 Å². The van der Waals surface area contributed by atoms with Crippen molar-refractivity contribution in [3.8, 4) is 11.5 Å². The number of hydrogen-bond acceptors (Lipinski definition) is 2. The topological polar surface area (TPSA) is 18.5 Å². The highest BCUT2D eigenvalue weighted by Gasteiger charge is 2.38. The number of halogens is 6. The van der Waals surface area contributed by atoms with Gasteiger partial charge in [-0.3, -0.25) is 0 Å². The summed E-state index contributed by atoms with van der Waals surface area (Å²) in [6, 6.07) is 0.893. The summed E-state index contributed by atoms with van der Waals surface area (Å²) in [4.78, 5) is 0. The molecule has 8 heteroatoms. The number of benzene rings is 1. The minimum absolute atomic E-state index is 0.112. The molecule has 0 radical (unpaired) electrons. The van der Waals surface area contributed by atoms with E-state index in [9.17, 15) is 26.3 Å². The Kier molecular flexibility index (Phi) is 5.46. The van der Waals surface area contributed by atoms with E-state index in [1.54, 1.807) is 0 Å². The largest absolute Gasteiger partial charge is 0.453 e. The maximum Gasteiger partial charge on any atom is 0.422 e. The fourth-order valence-corrected chi connectivity index (χ4v) is 2.25. The van der Waals surface area contributed by atoms with Gasteiger partial charge in [-0.2, -0.15) is 17.6 Å². The van der Waals surface area contributed by atoms with E-state index in [0.29, 0.717) is 25.0 Å². The Hall–Kier alpha value is -2.12. The van der Waals surface area contributed by atoms with Gasteiger partial charge in [-0.05, 0) is 25.2 Å². The normalized spacial score (nSPS) is 18.0. The second kappa shape index (κ2) is 7.19. The van der Waals surface area contributed by atoms with E-state index < -0.39 is 35.3 Å². The first-order valence-electron chi connectivity index (χ1n) is 7.12. The molecule has 0 heterocycles. The Morgan fingerprint density at radius 1 is 1.21 bits per heavy atom. The van der Waals surface area contributed by atoms with Crippen molar-refractivity contribution >= 4 is 0 Å². The highest BCUT2D eigenvalue weighted by atomic mass is 19.3. The zero-order valence-corrected chi connectivity index (χ0v) is 12.6. The summed E-state index contributed by atoms with van der Waals surface area (Å²) in [6.07, 6.45) is -3.70. The summed E-state index contributed by atoms with van der Waals surface area (Å²) in [6.45, 7) is 1.92. The minimum atomic E-state index is -3.72. The van der Waals surface area contributed by atoms with Crippen LogP contribution in [-0.4, -0.2) is 6.11 Å². The molecule has 1 unspecified atom stereocenters. The van der Waals surface area contributed by atoms with Crippen molar-refractivity contribution in [1.82, 2.24) is 0 Å². The molecule has 132 valence electrons. The molecule has 0 saturated heterocycles. The average molecular weight is 352 g/mol. The third-order valence-electron chi connectivity index (χ3n) is 3.53.